The molecule has 0 fully saturated rings. The summed E-state index contributed by atoms with van der Waals surface area (Å²) in [4.78, 5) is 34.8. The number of carbonyl (C=O) groups is 2. The van der Waals surface area contributed by atoms with Gasteiger partial charge in [-0.1, -0.05) is 11.3 Å². The van der Waals surface area contributed by atoms with Crippen LogP contribution >= 0.6 is 11.3 Å². The molecule has 1 amide bonds. The number of carboxylic acid groups (broad SMARTS) is 1. The molecule has 0 bridgehead atoms. The van der Waals surface area contributed by atoms with Crippen molar-refractivity contribution in [2.24, 2.45) is 0 Å². The molecule has 0 unspecified atom stereocenters. The first-order valence-corrected chi connectivity index (χ1v) is 7.22. The van der Waals surface area contributed by atoms with Crippen molar-refractivity contribution in [1.29, 1.82) is 0 Å². The van der Waals surface area contributed by atoms with Gasteiger partial charge in [-0.15, -0.1) is 10.2 Å². The predicted octanol–water partition coefficient (Wildman–Crippen LogP) is 1.09. The third-order valence-corrected chi connectivity index (χ3v) is 3.74. The summed E-state index contributed by atoms with van der Waals surface area (Å²) >= 11 is 1.21. The maximum Gasteiger partial charge on any atom is 0.420 e. The number of carbonyl (C=O) groups excluding carboxylic acids is 1. The van der Waals surface area contributed by atoms with Gasteiger partial charge in [-0.05, 0) is 25.1 Å². The van der Waals surface area contributed by atoms with Crippen LogP contribution in [0.15, 0.2) is 27.4 Å². The fraction of sp³-hybridized carbons (Fsp3) is 0.154. The van der Waals surface area contributed by atoms with Gasteiger partial charge in [0.1, 0.15) is 11.6 Å². The number of oxazole rings is 1. The van der Waals surface area contributed by atoms with E-state index >= 15 is 0 Å². The molecule has 0 spiro atoms. The number of anilines is 1. The third kappa shape index (κ3) is 2.97. The van der Waals surface area contributed by atoms with E-state index in [1.165, 1.54) is 29.5 Å². The lowest BCUT2D eigenvalue weighted by Crippen LogP contribution is -2.24. The average molecular weight is 334 g/mol. The number of nitrogens with one attached hydrogen (secondary N) is 1. The van der Waals surface area contributed by atoms with Crippen LogP contribution in [-0.2, 0) is 11.3 Å². The number of fused-ring (bicyclic) bond motifs is 1. The van der Waals surface area contributed by atoms with E-state index < -0.39 is 17.6 Å². The van der Waals surface area contributed by atoms with Gasteiger partial charge in [0.25, 0.3) is 0 Å². The van der Waals surface area contributed by atoms with Crippen LogP contribution in [-0.4, -0.2) is 31.7 Å². The van der Waals surface area contributed by atoms with Gasteiger partial charge in [-0.2, -0.15) is 0 Å². The molecule has 0 aliphatic carbocycles. The molecule has 118 valence electrons. The number of hydrogen-bond acceptors (Lipinski definition) is 7. The summed E-state index contributed by atoms with van der Waals surface area (Å²) in [7, 11) is 0. The zero-order chi connectivity index (χ0) is 16.6. The first kappa shape index (κ1) is 14.9. The van der Waals surface area contributed by atoms with Crippen molar-refractivity contribution < 1.29 is 19.1 Å². The molecular formula is C13H10N4O5S. The zero-order valence-electron chi connectivity index (χ0n) is 11.8. The molecule has 9 nitrogen and oxygen atoms in total. The fourth-order valence-electron chi connectivity index (χ4n) is 2.00. The van der Waals surface area contributed by atoms with Gasteiger partial charge in [-0.25, -0.2) is 9.59 Å². The van der Waals surface area contributed by atoms with E-state index in [1.54, 1.807) is 6.92 Å². The van der Waals surface area contributed by atoms with E-state index in [0.29, 0.717) is 15.7 Å². The molecule has 3 aromatic rings. The van der Waals surface area contributed by atoms with Crippen molar-refractivity contribution in [3.8, 4) is 0 Å². The minimum Gasteiger partial charge on any atom is -0.478 e. The molecule has 23 heavy (non-hydrogen) atoms. The quantitative estimate of drug-likeness (QED) is 0.731. The number of aryl methyl sites for hydroxylation is 1. The predicted molar refractivity (Wildman–Crippen MR) is 80.7 cm³/mol. The SMILES string of the molecule is Cc1nnc(NC(=O)Cn2c(=O)oc3cc(C(=O)O)ccc32)s1. The van der Waals surface area contributed by atoms with Crippen molar-refractivity contribution in [1.82, 2.24) is 14.8 Å². The van der Waals surface area contributed by atoms with Gasteiger partial charge in [0.2, 0.25) is 11.0 Å². The lowest BCUT2D eigenvalue weighted by atomic mass is 10.2. The molecule has 1 aromatic carbocycles. The largest absolute Gasteiger partial charge is 0.478 e. The van der Waals surface area contributed by atoms with E-state index in [2.05, 4.69) is 15.5 Å². The molecule has 10 heteroatoms. The number of nitrogens with zero attached hydrogens (tertiary/aromatic N) is 3. The summed E-state index contributed by atoms with van der Waals surface area (Å²) in [6.07, 6.45) is 0. The minimum atomic E-state index is -1.13. The van der Waals surface area contributed by atoms with Gasteiger partial charge in [0.15, 0.2) is 5.58 Å². The summed E-state index contributed by atoms with van der Waals surface area (Å²) in [5.74, 6) is -2.34. The highest BCUT2D eigenvalue weighted by molar-refractivity contribution is 7.15. The van der Waals surface area contributed by atoms with Crippen LogP contribution in [0, 0.1) is 6.92 Å². The van der Waals surface area contributed by atoms with E-state index in [-0.39, 0.29) is 17.7 Å². The number of aromatic nitrogens is 3. The summed E-state index contributed by atoms with van der Waals surface area (Å²) in [5, 5.41) is 20.0. The molecule has 0 aliphatic rings. The number of benzene rings is 1. The highest BCUT2D eigenvalue weighted by atomic mass is 32.1. The van der Waals surface area contributed by atoms with E-state index in [0.717, 1.165) is 4.57 Å². The maximum absolute atomic E-state index is 12.0. The minimum absolute atomic E-state index is 0.00723. The summed E-state index contributed by atoms with van der Waals surface area (Å²) < 4.78 is 6.10. The molecule has 0 atom stereocenters. The van der Waals surface area contributed by atoms with Gasteiger partial charge in [0, 0.05) is 0 Å². The van der Waals surface area contributed by atoms with Gasteiger partial charge >= 0.3 is 11.7 Å². The smallest absolute Gasteiger partial charge is 0.420 e. The summed E-state index contributed by atoms with van der Waals surface area (Å²) in [6.45, 7) is 1.47. The van der Waals surface area contributed by atoms with Crippen LogP contribution in [0.4, 0.5) is 5.13 Å². The Kier molecular flexibility index (Phi) is 3.66. The standard InChI is InChI=1S/C13H10N4O5S/c1-6-15-16-12(23-6)14-10(18)5-17-8-3-2-7(11(19)20)4-9(8)22-13(17)21/h2-4H,5H2,1H3,(H,19,20)(H,14,16,18). The van der Waals surface area contributed by atoms with E-state index in [1.807, 2.05) is 0 Å². The first-order valence-electron chi connectivity index (χ1n) is 6.40. The van der Waals surface area contributed by atoms with Gasteiger partial charge in [0.05, 0.1) is 11.1 Å². The molecule has 0 aliphatic heterocycles. The number of aromatic carboxylic acids is 1. The molecule has 2 heterocycles. The Labute approximate surface area is 132 Å². The van der Waals surface area contributed by atoms with E-state index in [9.17, 15) is 14.4 Å². The Morgan fingerprint density at radius 2 is 2.17 bits per heavy atom. The van der Waals surface area contributed by atoms with Crippen LogP contribution in [0.2, 0.25) is 0 Å². The Morgan fingerprint density at radius 1 is 1.39 bits per heavy atom. The molecule has 0 saturated carbocycles. The summed E-state index contributed by atoms with van der Waals surface area (Å²) in [5.41, 5.74) is 0.435. The average Bonchev–Trinajstić information content (AvgIpc) is 3.02. The maximum atomic E-state index is 12.0. The molecule has 3 rings (SSSR count). The zero-order valence-corrected chi connectivity index (χ0v) is 12.6. The Bertz CT molecular complexity index is 970. The topological polar surface area (TPSA) is 127 Å². The highest BCUT2D eigenvalue weighted by Gasteiger charge is 2.15. The normalized spacial score (nSPS) is 10.8. The lowest BCUT2D eigenvalue weighted by molar-refractivity contribution is -0.116. The molecule has 2 N–H and O–H groups in total. The fourth-order valence-corrected chi connectivity index (χ4v) is 2.61. The molecule has 0 saturated heterocycles. The Balaban J connectivity index is 1.87. The van der Waals surface area contributed by atoms with Crippen LogP contribution in [0.25, 0.3) is 11.1 Å². The van der Waals surface area contributed by atoms with Gasteiger partial charge < -0.3 is 9.52 Å². The summed E-state index contributed by atoms with van der Waals surface area (Å²) in [6, 6.07) is 4.00. The molecule has 0 radical (unpaired) electrons. The number of amides is 1. The van der Waals surface area contributed by atoms with Crippen molar-refractivity contribution in [2.45, 2.75) is 13.5 Å². The number of hydrogen-bond donors (Lipinski definition) is 2. The highest BCUT2D eigenvalue weighted by Crippen LogP contribution is 2.16. The van der Waals surface area contributed by atoms with Crippen molar-refractivity contribution in [3.05, 3.63) is 39.3 Å². The Morgan fingerprint density at radius 3 is 2.83 bits per heavy atom. The molecular weight excluding hydrogens is 324 g/mol. The third-order valence-electron chi connectivity index (χ3n) is 2.99. The van der Waals surface area contributed by atoms with Crippen molar-refractivity contribution >= 4 is 39.4 Å². The first-order chi connectivity index (χ1) is 10.9. The lowest BCUT2D eigenvalue weighted by Gasteiger charge is -2.02. The monoisotopic (exact) mass is 334 g/mol. The second-order valence-corrected chi connectivity index (χ2v) is 5.80. The van der Waals surface area contributed by atoms with Gasteiger partial charge in [-0.3, -0.25) is 14.7 Å². The van der Waals surface area contributed by atoms with Crippen molar-refractivity contribution in [2.75, 3.05) is 5.32 Å². The Hall–Kier alpha value is -3.01. The second-order valence-electron chi connectivity index (χ2n) is 4.62. The van der Waals surface area contributed by atoms with Crippen molar-refractivity contribution in [3.63, 3.8) is 0 Å². The van der Waals surface area contributed by atoms with Crippen LogP contribution in [0.5, 0.6) is 0 Å². The molecule has 2 aromatic heterocycles. The second kappa shape index (κ2) is 5.65. The van der Waals surface area contributed by atoms with Crippen LogP contribution in [0.1, 0.15) is 15.4 Å². The van der Waals surface area contributed by atoms with Crippen LogP contribution in [0.3, 0.4) is 0 Å². The number of carboxylic acids is 1. The number of rotatable bonds is 4. The van der Waals surface area contributed by atoms with E-state index in [4.69, 9.17) is 9.52 Å². The van der Waals surface area contributed by atoms with Crippen LogP contribution < -0.4 is 11.1 Å².